The van der Waals surface area contributed by atoms with Gasteiger partial charge in [-0.25, -0.2) is 0 Å². The van der Waals surface area contributed by atoms with E-state index in [0.717, 1.165) is 58.8 Å². The van der Waals surface area contributed by atoms with Crippen LogP contribution in [0.2, 0.25) is 0 Å². The maximum absolute atomic E-state index is 12.2. The number of carbonyl (C=O) groups excluding carboxylic acids is 1. The number of hydrogen-bond donors (Lipinski definition) is 0. The third-order valence-corrected chi connectivity index (χ3v) is 3.75. The van der Waals surface area contributed by atoms with Crippen molar-refractivity contribution in [3.8, 4) is 0 Å². The number of carbonyl (C=O) groups is 1. The Labute approximate surface area is 115 Å². The van der Waals surface area contributed by atoms with Crippen molar-refractivity contribution in [2.75, 3.05) is 45.9 Å². The van der Waals surface area contributed by atoms with E-state index in [2.05, 4.69) is 18.7 Å². The maximum Gasteiger partial charge on any atom is 0.251 e. The normalized spacial score (nSPS) is 25.2. The molecule has 19 heavy (non-hydrogen) atoms. The molecule has 0 spiro atoms. The quantitative estimate of drug-likeness (QED) is 0.739. The second kappa shape index (κ2) is 7.22. The fourth-order valence-electron chi connectivity index (χ4n) is 2.59. The molecule has 0 aliphatic carbocycles. The van der Waals surface area contributed by atoms with E-state index in [4.69, 9.17) is 9.47 Å². The average molecular weight is 270 g/mol. The Morgan fingerprint density at radius 3 is 2.63 bits per heavy atom. The number of amides is 1. The Morgan fingerprint density at radius 1 is 1.32 bits per heavy atom. The smallest absolute Gasteiger partial charge is 0.251 e. The summed E-state index contributed by atoms with van der Waals surface area (Å²) >= 11 is 0. The van der Waals surface area contributed by atoms with E-state index in [-0.39, 0.29) is 12.0 Å². The van der Waals surface area contributed by atoms with Crippen molar-refractivity contribution in [2.45, 2.75) is 38.9 Å². The lowest BCUT2D eigenvalue weighted by Gasteiger charge is -2.35. The summed E-state index contributed by atoms with van der Waals surface area (Å²) in [7, 11) is 0. The minimum atomic E-state index is -0.171. The van der Waals surface area contributed by atoms with Gasteiger partial charge in [0.15, 0.2) is 0 Å². The lowest BCUT2D eigenvalue weighted by atomic mass is 10.2. The molecule has 1 unspecified atom stereocenters. The van der Waals surface area contributed by atoms with E-state index in [9.17, 15) is 4.79 Å². The number of rotatable bonds is 5. The molecule has 2 saturated heterocycles. The van der Waals surface area contributed by atoms with E-state index in [1.165, 1.54) is 0 Å². The van der Waals surface area contributed by atoms with Crippen LogP contribution in [0.1, 0.15) is 26.7 Å². The molecule has 2 rings (SSSR count). The fraction of sp³-hybridized carbons (Fsp3) is 0.929. The first-order valence-corrected chi connectivity index (χ1v) is 7.41. The van der Waals surface area contributed by atoms with Crippen LogP contribution in [0, 0.1) is 0 Å². The molecule has 5 nitrogen and oxygen atoms in total. The minimum Gasteiger partial charge on any atom is -0.377 e. The summed E-state index contributed by atoms with van der Waals surface area (Å²) in [5, 5.41) is 0. The summed E-state index contributed by atoms with van der Waals surface area (Å²) < 4.78 is 11.0. The molecule has 2 fully saturated rings. The Hall–Kier alpha value is -0.650. The van der Waals surface area contributed by atoms with Crippen LogP contribution in [0.3, 0.4) is 0 Å². The van der Waals surface area contributed by atoms with Gasteiger partial charge in [-0.3, -0.25) is 9.69 Å². The van der Waals surface area contributed by atoms with Crippen LogP contribution in [0.4, 0.5) is 0 Å². The first-order valence-electron chi connectivity index (χ1n) is 7.41. The molecule has 0 radical (unpaired) electrons. The molecular formula is C14H26N2O3. The summed E-state index contributed by atoms with van der Waals surface area (Å²) in [6.07, 6.45) is 2.03. The minimum absolute atomic E-state index is 0.171. The van der Waals surface area contributed by atoms with Gasteiger partial charge in [0.25, 0.3) is 5.91 Å². The van der Waals surface area contributed by atoms with Gasteiger partial charge in [0.1, 0.15) is 6.10 Å². The Morgan fingerprint density at radius 2 is 2.05 bits per heavy atom. The lowest BCUT2D eigenvalue weighted by Crippen LogP contribution is -2.51. The highest BCUT2D eigenvalue weighted by molar-refractivity contribution is 5.81. The maximum atomic E-state index is 12.2. The van der Waals surface area contributed by atoms with E-state index >= 15 is 0 Å². The first kappa shape index (κ1) is 14.8. The van der Waals surface area contributed by atoms with Gasteiger partial charge in [-0.15, -0.1) is 0 Å². The van der Waals surface area contributed by atoms with Crippen molar-refractivity contribution in [3.63, 3.8) is 0 Å². The highest BCUT2D eigenvalue weighted by Crippen LogP contribution is 2.15. The predicted molar refractivity (Wildman–Crippen MR) is 73.1 cm³/mol. The van der Waals surface area contributed by atoms with E-state index in [1.807, 2.05) is 4.90 Å². The van der Waals surface area contributed by atoms with E-state index < -0.39 is 0 Å². The van der Waals surface area contributed by atoms with Crippen molar-refractivity contribution in [1.29, 1.82) is 0 Å². The molecule has 0 aromatic carbocycles. The predicted octanol–water partition coefficient (Wildman–Crippen LogP) is 0.735. The summed E-state index contributed by atoms with van der Waals surface area (Å²) in [5.74, 6) is 0.190. The molecule has 0 saturated carbocycles. The van der Waals surface area contributed by atoms with E-state index in [0.29, 0.717) is 6.10 Å². The monoisotopic (exact) mass is 270 g/mol. The van der Waals surface area contributed by atoms with Crippen LogP contribution in [-0.4, -0.2) is 73.9 Å². The van der Waals surface area contributed by atoms with Crippen molar-refractivity contribution >= 4 is 5.91 Å². The molecule has 0 aromatic rings. The largest absolute Gasteiger partial charge is 0.377 e. The van der Waals surface area contributed by atoms with E-state index in [1.54, 1.807) is 0 Å². The summed E-state index contributed by atoms with van der Waals surface area (Å²) in [5.41, 5.74) is 0. The molecule has 2 aliphatic rings. The fourth-order valence-corrected chi connectivity index (χ4v) is 2.59. The number of nitrogens with zero attached hydrogens (tertiary/aromatic N) is 2. The van der Waals surface area contributed by atoms with Crippen molar-refractivity contribution < 1.29 is 14.3 Å². The van der Waals surface area contributed by atoms with Gasteiger partial charge in [0, 0.05) is 39.3 Å². The number of ether oxygens (including phenoxy) is 2. The Kier molecular flexibility index (Phi) is 5.60. The molecule has 5 heteroatoms. The van der Waals surface area contributed by atoms with Crippen LogP contribution >= 0.6 is 0 Å². The molecule has 0 N–H and O–H groups in total. The molecule has 0 bridgehead atoms. The average Bonchev–Trinajstić information content (AvgIpc) is 2.92. The van der Waals surface area contributed by atoms with Crippen LogP contribution in [-0.2, 0) is 14.3 Å². The van der Waals surface area contributed by atoms with Crippen LogP contribution < -0.4 is 0 Å². The SMILES string of the molecule is CC(C)OCCN1CCN(C(=O)C2CCCO2)CC1. The van der Waals surface area contributed by atoms with Crippen LogP contribution in [0.25, 0.3) is 0 Å². The summed E-state index contributed by atoms with van der Waals surface area (Å²) in [4.78, 5) is 16.5. The first-order chi connectivity index (χ1) is 9.16. The van der Waals surface area contributed by atoms with Gasteiger partial charge in [-0.2, -0.15) is 0 Å². The zero-order valence-electron chi connectivity index (χ0n) is 12.1. The second-order valence-electron chi connectivity index (χ2n) is 5.59. The van der Waals surface area contributed by atoms with Gasteiger partial charge in [-0.05, 0) is 26.7 Å². The van der Waals surface area contributed by atoms with Gasteiger partial charge >= 0.3 is 0 Å². The van der Waals surface area contributed by atoms with Gasteiger partial charge in [-0.1, -0.05) is 0 Å². The number of hydrogen-bond acceptors (Lipinski definition) is 4. The van der Waals surface area contributed by atoms with Crippen molar-refractivity contribution in [1.82, 2.24) is 9.80 Å². The lowest BCUT2D eigenvalue weighted by molar-refractivity contribution is -0.142. The molecular weight excluding hydrogens is 244 g/mol. The van der Waals surface area contributed by atoms with Crippen molar-refractivity contribution in [3.05, 3.63) is 0 Å². The zero-order valence-corrected chi connectivity index (χ0v) is 12.1. The molecule has 110 valence electrons. The standard InChI is InChI=1S/C14H26N2O3/c1-12(2)18-11-9-15-5-7-16(8-6-15)14(17)13-4-3-10-19-13/h12-13H,3-11H2,1-2H3. The third kappa shape index (κ3) is 4.44. The molecule has 2 aliphatic heterocycles. The highest BCUT2D eigenvalue weighted by Gasteiger charge is 2.30. The molecule has 1 atom stereocenters. The number of piperazine rings is 1. The summed E-state index contributed by atoms with van der Waals surface area (Å²) in [6.45, 7) is 10.1. The highest BCUT2D eigenvalue weighted by atomic mass is 16.5. The van der Waals surface area contributed by atoms with Gasteiger partial charge < -0.3 is 14.4 Å². The second-order valence-corrected chi connectivity index (χ2v) is 5.59. The Balaban J connectivity index is 1.65. The third-order valence-electron chi connectivity index (χ3n) is 3.75. The molecule has 1 amide bonds. The van der Waals surface area contributed by atoms with Gasteiger partial charge in [0.2, 0.25) is 0 Å². The Bertz CT molecular complexity index is 282. The topological polar surface area (TPSA) is 42.0 Å². The van der Waals surface area contributed by atoms with Gasteiger partial charge in [0.05, 0.1) is 12.7 Å². The van der Waals surface area contributed by atoms with Crippen molar-refractivity contribution in [2.24, 2.45) is 0 Å². The zero-order chi connectivity index (χ0) is 13.7. The summed E-state index contributed by atoms with van der Waals surface area (Å²) in [6, 6.07) is 0. The molecule has 2 heterocycles. The van der Waals surface area contributed by atoms with Crippen LogP contribution in [0.5, 0.6) is 0 Å². The van der Waals surface area contributed by atoms with Crippen LogP contribution in [0.15, 0.2) is 0 Å². The molecule has 0 aromatic heterocycles.